The number of rotatable bonds is 3. The molecule has 4 heteroatoms. The summed E-state index contributed by atoms with van der Waals surface area (Å²) in [6.45, 7) is 5.64. The highest BCUT2D eigenvalue weighted by Gasteiger charge is 2.19. The molecule has 1 aromatic carbocycles. The number of benzene rings is 1. The summed E-state index contributed by atoms with van der Waals surface area (Å²) >= 11 is 0. The number of nitrogens with zero attached hydrogens (tertiary/aromatic N) is 1. The van der Waals surface area contributed by atoms with Crippen molar-refractivity contribution >= 4 is 5.97 Å². The Bertz CT molecular complexity index is 629. The Kier molecular flexibility index (Phi) is 3.42. The first-order valence-electron chi connectivity index (χ1n) is 6.13. The molecule has 19 heavy (non-hydrogen) atoms. The summed E-state index contributed by atoms with van der Waals surface area (Å²) in [6.07, 6.45) is 0. The average molecular weight is 261 g/mol. The largest absolute Gasteiger partial charge is 0.477 e. The van der Waals surface area contributed by atoms with Crippen molar-refractivity contribution in [3.63, 3.8) is 0 Å². The van der Waals surface area contributed by atoms with E-state index in [1.165, 1.54) is 12.1 Å². The zero-order valence-electron chi connectivity index (χ0n) is 11.1. The predicted octanol–water partition coefficient (Wildman–Crippen LogP) is 3.88. The summed E-state index contributed by atoms with van der Waals surface area (Å²) in [6, 6.07) is 7.94. The Labute approximate surface area is 111 Å². The van der Waals surface area contributed by atoms with Gasteiger partial charge in [-0.2, -0.15) is 0 Å². The average Bonchev–Trinajstić information content (AvgIpc) is 2.76. The molecule has 0 radical (unpaired) electrons. The number of aromatic carboxylic acids is 1. The van der Waals surface area contributed by atoms with Crippen LogP contribution in [-0.4, -0.2) is 15.6 Å². The molecule has 3 nitrogen and oxygen atoms in total. The van der Waals surface area contributed by atoms with Gasteiger partial charge in [0.15, 0.2) is 0 Å². The molecule has 0 saturated heterocycles. The van der Waals surface area contributed by atoms with Crippen molar-refractivity contribution in [3.05, 3.63) is 47.4 Å². The minimum Gasteiger partial charge on any atom is -0.477 e. The van der Waals surface area contributed by atoms with Crippen LogP contribution in [0.5, 0.6) is 0 Å². The lowest BCUT2D eigenvalue weighted by Crippen LogP contribution is -2.12. The van der Waals surface area contributed by atoms with Gasteiger partial charge in [0.25, 0.3) is 0 Å². The van der Waals surface area contributed by atoms with Gasteiger partial charge in [-0.25, -0.2) is 9.18 Å². The van der Waals surface area contributed by atoms with Gasteiger partial charge in [0.2, 0.25) is 0 Å². The van der Waals surface area contributed by atoms with Crippen LogP contribution < -0.4 is 0 Å². The van der Waals surface area contributed by atoms with E-state index in [0.29, 0.717) is 11.3 Å². The Hall–Kier alpha value is -2.10. The molecule has 0 spiro atoms. The summed E-state index contributed by atoms with van der Waals surface area (Å²) < 4.78 is 15.6. The van der Waals surface area contributed by atoms with E-state index in [4.69, 9.17) is 0 Å². The molecule has 100 valence electrons. The highest BCUT2D eigenvalue weighted by atomic mass is 19.1. The summed E-state index contributed by atoms with van der Waals surface area (Å²) in [4.78, 5) is 11.2. The molecule has 0 unspecified atom stereocenters. The van der Waals surface area contributed by atoms with Crippen LogP contribution in [0.15, 0.2) is 30.3 Å². The van der Waals surface area contributed by atoms with E-state index in [0.717, 1.165) is 5.56 Å². The van der Waals surface area contributed by atoms with Crippen LogP contribution in [0.3, 0.4) is 0 Å². The highest BCUT2D eigenvalue weighted by Crippen LogP contribution is 2.29. The van der Waals surface area contributed by atoms with Crippen LogP contribution in [-0.2, 0) is 0 Å². The highest BCUT2D eigenvalue weighted by molar-refractivity contribution is 5.87. The third kappa shape index (κ3) is 2.38. The summed E-state index contributed by atoms with van der Waals surface area (Å²) in [5.41, 5.74) is 2.13. The van der Waals surface area contributed by atoms with Crippen molar-refractivity contribution in [2.24, 2.45) is 0 Å². The van der Waals surface area contributed by atoms with E-state index in [1.807, 2.05) is 20.8 Å². The summed E-state index contributed by atoms with van der Waals surface area (Å²) in [5, 5.41) is 9.18. The molecule has 0 amide bonds. The van der Waals surface area contributed by atoms with E-state index in [9.17, 15) is 14.3 Å². The van der Waals surface area contributed by atoms with Crippen molar-refractivity contribution in [3.8, 4) is 11.3 Å². The standard InChI is InChI=1S/C15H16FNO2/c1-9(2)17-13(6-7-14(17)15(18)19)11-8-10(3)4-5-12(11)16/h4-9H,1-3H3,(H,18,19). The first-order valence-corrected chi connectivity index (χ1v) is 6.13. The van der Waals surface area contributed by atoms with Gasteiger partial charge in [-0.15, -0.1) is 0 Å². The van der Waals surface area contributed by atoms with Gasteiger partial charge in [0.1, 0.15) is 11.5 Å². The van der Waals surface area contributed by atoms with E-state index >= 15 is 0 Å². The lowest BCUT2D eigenvalue weighted by Gasteiger charge is -2.16. The molecule has 1 N–H and O–H groups in total. The van der Waals surface area contributed by atoms with E-state index in [1.54, 1.807) is 22.8 Å². The molecule has 0 aliphatic rings. The molecule has 0 fully saturated rings. The third-order valence-electron chi connectivity index (χ3n) is 3.05. The molecule has 0 atom stereocenters. The van der Waals surface area contributed by atoms with Crippen molar-refractivity contribution < 1.29 is 14.3 Å². The van der Waals surface area contributed by atoms with Crippen LogP contribution in [0.1, 0.15) is 35.9 Å². The second-order valence-electron chi connectivity index (χ2n) is 4.86. The monoisotopic (exact) mass is 261 g/mol. The van der Waals surface area contributed by atoms with Crippen LogP contribution in [0.25, 0.3) is 11.3 Å². The molecule has 1 aromatic heterocycles. The van der Waals surface area contributed by atoms with Crippen molar-refractivity contribution in [2.75, 3.05) is 0 Å². The Balaban J connectivity index is 2.69. The first kappa shape index (κ1) is 13.3. The molecule has 0 bridgehead atoms. The SMILES string of the molecule is Cc1ccc(F)c(-c2ccc(C(=O)O)n2C(C)C)c1. The minimum atomic E-state index is -1.01. The molecule has 0 aliphatic heterocycles. The van der Waals surface area contributed by atoms with E-state index in [2.05, 4.69) is 0 Å². The lowest BCUT2D eigenvalue weighted by atomic mass is 10.1. The van der Waals surface area contributed by atoms with E-state index < -0.39 is 5.97 Å². The predicted molar refractivity (Wildman–Crippen MR) is 71.9 cm³/mol. The second-order valence-corrected chi connectivity index (χ2v) is 4.86. The fraction of sp³-hybridized carbons (Fsp3) is 0.267. The maximum absolute atomic E-state index is 13.9. The maximum Gasteiger partial charge on any atom is 0.352 e. The Morgan fingerprint density at radius 3 is 2.53 bits per heavy atom. The minimum absolute atomic E-state index is 0.0592. The van der Waals surface area contributed by atoms with Crippen LogP contribution in [0.2, 0.25) is 0 Å². The Morgan fingerprint density at radius 1 is 1.26 bits per heavy atom. The van der Waals surface area contributed by atoms with Crippen molar-refractivity contribution in [2.45, 2.75) is 26.8 Å². The fourth-order valence-electron chi connectivity index (χ4n) is 2.23. The fourth-order valence-corrected chi connectivity index (χ4v) is 2.23. The van der Waals surface area contributed by atoms with Gasteiger partial charge in [0, 0.05) is 11.6 Å². The van der Waals surface area contributed by atoms with Crippen LogP contribution in [0, 0.1) is 12.7 Å². The number of aryl methyl sites for hydroxylation is 1. The third-order valence-corrected chi connectivity index (χ3v) is 3.05. The molecule has 2 aromatic rings. The number of carboxylic acids is 1. The number of aromatic nitrogens is 1. The quantitative estimate of drug-likeness (QED) is 0.911. The van der Waals surface area contributed by atoms with Gasteiger partial charge < -0.3 is 9.67 Å². The number of hydrogen-bond donors (Lipinski definition) is 1. The van der Waals surface area contributed by atoms with Crippen molar-refractivity contribution in [1.29, 1.82) is 0 Å². The van der Waals surface area contributed by atoms with Gasteiger partial charge in [-0.3, -0.25) is 0 Å². The molecule has 0 aliphatic carbocycles. The molecule has 0 saturated carbocycles. The van der Waals surface area contributed by atoms with E-state index in [-0.39, 0.29) is 17.6 Å². The number of carboxylic acid groups (broad SMARTS) is 1. The van der Waals surface area contributed by atoms with Crippen molar-refractivity contribution in [1.82, 2.24) is 4.57 Å². The van der Waals surface area contributed by atoms with Crippen LogP contribution >= 0.6 is 0 Å². The first-order chi connectivity index (χ1) is 8.91. The summed E-state index contributed by atoms with van der Waals surface area (Å²) in [7, 11) is 0. The smallest absolute Gasteiger partial charge is 0.352 e. The topological polar surface area (TPSA) is 42.2 Å². The number of carbonyl (C=O) groups is 1. The zero-order valence-corrected chi connectivity index (χ0v) is 11.1. The normalized spacial score (nSPS) is 11.0. The molecular weight excluding hydrogens is 245 g/mol. The molecule has 1 heterocycles. The maximum atomic E-state index is 13.9. The van der Waals surface area contributed by atoms with Crippen LogP contribution in [0.4, 0.5) is 4.39 Å². The second kappa shape index (κ2) is 4.88. The summed E-state index contributed by atoms with van der Waals surface area (Å²) in [5.74, 6) is -1.35. The van der Waals surface area contributed by atoms with Gasteiger partial charge in [0.05, 0.1) is 5.69 Å². The lowest BCUT2D eigenvalue weighted by molar-refractivity contribution is 0.0683. The van der Waals surface area contributed by atoms with Gasteiger partial charge in [-0.1, -0.05) is 11.6 Å². The van der Waals surface area contributed by atoms with Gasteiger partial charge in [-0.05, 0) is 45.0 Å². The number of halogens is 1. The Morgan fingerprint density at radius 2 is 1.95 bits per heavy atom. The van der Waals surface area contributed by atoms with Gasteiger partial charge >= 0.3 is 5.97 Å². The number of hydrogen-bond acceptors (Lipinski definition) is 1. The molecule has 2 rings (SSSR count). The molecular formula is C15H16FNO2. The zero-order chi connectivity index (χ0) is 14.2.